The van der Waals surface area contributed by atoms with Crippen LogP contribution in [0.4, 0.5) is 0 Å². The second-order valence-electron chi connectivity index (χ2n) is 5.31. The second-order valence-corrected chi connectivity index (χ2v) is 6.26. The monoisotopic (exact) mass is 333 g/mol. The van der Waals surface area contributed by atoms with Crippen molar-refractivity contribution in [3.8, 4) is 16.1 Å². The quantitative estimate of drug-likeness (QED) is 0.400. The zero-order chi connectivity index (χ0) is 16.4. The number of nitrogens with zero attached hydrogens (tertiary/aromatic N) is 3. The third-order valence-electron chi connectivity index (χ3n) is 3.81. The summed E-state index contributed by atoms with van der Waals surface area (Å²) in [5.41, 5.74) is 5.27. The van der Waals surface area contributed by atoms with Crippen molar-refractivity contribution in [1.29, 1.82) is 0 Å². The number of oxime groups is 1. The summed E-state index contributed by atoms with van der Waals surface area (Å²) in [6.07, 6.45) is 3.53. The highest BCUT2D eigenvalue weighted by Crippen LogP contribution is 2.27. The van der Waals surface area contributed by atoms with E-state index < -0.39 is 0 Å². The molecule has 5 heteroatoms. The van der Waals surface area contributed by atoms with Crippen LogP contribution in [0.1, 0.15) is 5.56 Å². The van der Waals surface area contributed by atoms with Crippen LogP contribution >= 0.6 is 11.3 Å². The molecule has 0 unspecified atom stereocenters. The highest BCUT2D eigenvalue weighted by Gasteiger charge is 2.07. The van der Waals surface area contributed by atoms with Crippen molar-refractivity contribution in [3.05, 3.63) is 71.9 Å². The van der Waals surface area contributed by atoms with E-state index in [0.717, 1.165) is 22.3 Å². The van der Waals surface area contributed by atoms with E-state index in [9.17, 15) is 0 Å². The molecule has 4 aromatic rings. The number of hydrogen-bond donors (Lipinski definition) is 0. The smallest absolute Gasteiger partial charge is 0.106 e. The molecule has 0 fully saturated rings. The lowest BCUT2D eigenvalue weighted by Crippen LogP contribution is -1.92. The van der Waals surface area contributed by atoms with E-state index in [1.165, 1.54) is 17.6 Å². The van der Waals surface area contributed by atoms with E-state index in [1.807, 2.05) is 18.5 Å². The van der Waals surface area contributed by atoms with Gasteiger partial charge in [-0.3, -0.25) is 4.57 Å². The Bertz CT molecular complexity index is 1000. The SMILES string of the molecule is CON=Cc1ccc2c(c1)ncn2-c1cccc(-c2cccs2)c1. The molecule has 0 aliphatic heterocycles. The van der Waals surface area contributed by atoms with Gasteiger partial charge in [0.2, 0.25) is 0 Å². The lowest BCUT2D eigenvalue weighted by Gasteiger charge is -2.06. The summed E-state index contributed by atoms with van der Waals surface area (Å²) < 4.78 is 2.10. The first kappa shape index (κ1) is 14.7. The van der Waals surface area contributed by atoms with Gasteiger partial charge in [-0.05, 0) is 46.8 Å². The van der Waals surface area contributed by atoms with Gasteiger partial charge in [-0.25, -0.2) is 4.98 Å². The highest BCUT2D eigenvalue weighted by molar-refractivity contribution is 7.13. The number of aromatic nitrogens is 2. The standard InChI is InChI=1S/C19H15N3OS/c1-23-21-12-14-7-8-18-17(10-14)20-13-22(18)16-5-2-4-15(11-16)19-6-3-9-24-19/h2-13H,1H3. The maximum absolute atomic E-state index is 4.73. The minimum atomic E-state index is 0.927. The molecule has 2 aromatic carbocycles. The molecular formula is C19H15N3OS. The first-order valence-corrected chi connectivity index (χ1v) is 8.41. The summed E-state index contributed by atoms with van der Waals surface area (Å²) in [5, 5.41) is 5.89. The number of thiophene rings is 1. The number of imidazole rings is 1. The first-order chi connectivity index (χ1) is 11.8. The Hall–Kier alpha value is -2.92. The lowest BCUT2D eigenvalue weighted by molar-refractivity contribution is 0.215. The molecule has 0 aliphatic rings. The second kappa shape index (κ2) is 6.29. The summed E-state index contributed by atoms with van der Waals surface area (Å²) in [4.78, 5) is 10.5. The van der Waals surface area contributed by atoms with E-state index in [0.29, 0.717) is 0 Å². The third kappa shape index (κ3) is 2.70. The van der Waals surface area contributed by atoms with E-state index in [-0.39, 0.29) is 0 Å². The molecule has 2 heterocycles. The third-order valence-corrected chi connectivity index (χ3v) is 4.73. The Morgan fingerprint density at radius 1 is 1.12 bits per heavy atom. The van der Waals surface area contributed by atoms with E-state index in [1.54, 1.807) is 17.6 Å². The average Bonchev–Trinajstić information content (AvgIpc) is 3.29. The van der Waals surface area contributed by atoms with Crippen LogP contribution in [0.5, 0.6) is 0 Å². The van der Waals surface area contributed by atoms with Crippen molar-refractivity contribution < 1.29 is 4.84 Å². The van der Waals surface area contributed by atoms with Gasteiger partial charge in [0.15, 0.2) is 0 Å². The summed E-state index contributed by atoms with van der Waals surface area (Å²) >= 11 is 1.74. The zero-order valence-corrected chi connectivity index (χ0v) is 13.9. The van der Waals surface area contributed by atoms with Crippen LogP contribution in [0.25, 0.3) is 27.2 Å². The molecule has 0 radical (unpaired) electrons. The normalized spacial score (nSPS) is 11.4. The van der Waals surface area contributed by atoms with Crippen LogP contribution in [0.2, 0.25) is 0 Å². The van der Waals surface area contributed by atoms with Gasteiger partial charge in [-0.1, -0.05) is 29.4 Å². The van der Waals surface area contributed by atoms with Gasteiger partial charge in [-0.2, -0.15) is 0 Å². The van der Waals surface area contributed by atoms with Crippen LogP contribution in [0.3, 0.4) is 0 Å². The molecule has 0 N–H and O–H groups in total. The molecule has 24 heavy (non-hydrogen) atoms. The average molecular weight is 333 g/mol. The van der Waals surface area contributed by atoms with Gasteiger partial charge in [0.25, 0.3) is 0 Å². The van der Waals surface area contributed by atoms with Crippen molar-refractivity contribution >= 4 is 28.6 Å². The van der Waals surface area contributed by atoms with Gasteiger partial charge in [0.1, 0.15) is 13.4 Å². The maximum Gasteiger partial charge on any atom is 0.106 e. The Morgan fingerprint density at radius 3 is 2.92 bits per heavy atom. The Morgan fingerprint density at radius 2 is 2.08 bits per heavy atom. The fourth-order valence-electron chi connectivity index (χ4n) is 2.68. The van der Waals surface area contributed by atoms with Crippen LogP contribution in [-0.2, 0) is 4.84 Å². The Balaban J connectivity index is 1.77. The fraction of sp³-hybridized carbons (Fsp3) is 0.0526. The molecular weight excluding hydrogens is 318 g/mol. The van der Waals surface area contributed by atoms with Gasteiger partial charge in [-0.15, -0.1) is 11.3 Å². The van der Waals surface area contributed by atoms with Crippen molar-refractivity contribution in [3.63, 3.8) is 0 Å². The molecule has 0 aliphatic carbocycles. The number of benzene rings is 2. The number of fused-ring (bicyclic) bond motifs is 1. The van der Waals surface area contributed by atoms with Crippen molar-refractivity contribution in [2.45, 2.75) is 0 Å². The van der Waals surface area contributed by atoms with Gasteiger partial charge in [0.05, 0.1) is 17.2 Å². The summed E-state index contributed by atoms with van der Waals surface area (Å²) in [6.45, 7) is 0. The molecule has 0 atom stereocenters. The topological polar surface area (TPSA) is 39.4 Å². The summed E-state index contributed by atoms with van der Waals surface area (Å²) in [5.74, 6) is 0. The molecule has 4 nitrogen and oxygen atoms in total. The molecule has 0 amide bonds. The summed E-state index contributed by atoms with van der Waals surface area (Å²) in [7, 11) is 1.53. The van der Waals surface area contributed by atoms with Gasteiger partial charge < -0.3 is 4.84 Å². The van der Waals surface area contributed by atoms with Crippen LogP contribution in [0, 0.1) is 0 Å². The van der Waals surface area contributed by atoms with Gasteiger partial charge >= 0.3 is 0 Å². The van der Waals surface area contributed by atoms with Crippen LogP contribution < -0.4 is 0 Å². The Labute approximate surface area is 143 Å². The number of rotatable bonds is 4. The lowest BCUT2D eigenvalue weighted by atomic mass is 10.1. The van der Waals surface area contributed by atoms with E-state index in [4.69, 9.17) is 4.84 Å². The molecule has 0 saturated heterocycles. The minimum absolute atomic E-state index is 0.927. The molecule has 4 rings (SSSR count). The zero-order valence-electron chi connectivity index (χ0n) is 13.1. The fourth-order valence-corrected chi connectivity index (χ4v) is 3.41. The number of hydrogen-bond acceptors (Lipinski definition) is 4. The molecule has 0 saturated carbocycles. The predicted octanol–water partition coefficient (Wildman–Crippen LogP) is 4.73. The molecule has 2 aromatic heterocycles. The minimum Gasteiger partial charge on any atom is -0.399 e. The van der Waals surface area contributed by atoms with Crippen LogP contribution in [0.15, 0.2) is 71.5 Å². The van der Waals surface area contributed by atoms with E-state index in [2.05, 4.69) is 62.6 Å². The van der Waals surface area contributed by atoms with Crippen molar-refractivity contribution in [2.24, 2.45) is 5.16 Å². The van der Waals surface area contributed by atoms with Crippen LogP contribution in [-0.4, -0.2) is 22.9 Å². The molecule has 0 bridgehead atoms. The summed E-state index contributed by atoms with van der Waals surface area (Å²) in [6, 6.07) is 18.8. The molecule has 118 valence electrons. The van der Waals surface area contributed by atoms with Crippen molar-refractivity contribution in [2.75, 3.05) is 7.11 Å². The first-order valence-electron chi connectivity index (χ1n) is 7.53. The largest absolute Gasteiger partial charge is 0.399 e. The Kier molecular flexibility index (Phi) is 3.84. The van der Waals surface area contributed by atoms with E-state index >= 15 is 0 Å². The van der Waals surface area contributed by atoms with Crippen molar-refractivity contribution in [1.82, 2.24) is 9.55 Å². The predicted molar refractivity (Wildman–Crippen MR) is 99.0 cm³/mol. The van der Waals surface area contributed by atoms with Gasteiger partial charge in [0, 0.05) is 10.6 Å². The maximum atomic E-state index is 4.73. The molecule has 0 spiro atoms. The highest BCUT2D eigenvalue weighted by atomic mass is 32.1.